The molecule has 0 saturated carbocycles. The highest BCUT2D eigenvalue weighted by Gasteiger charge is 2.27. The minimum Gasteiger partial charge on any atom is -0.470 e. The Morgan fingerprint density at radius 2 is 2.19 bits per heavy atom. The van der Waals surface area contributed by atoms with Crippen molar-refractivity contribution in [2.75, 3.05) is 6.54 Å². The Hall–Kier alpha value is -3.22. The lowest BCUT2D eigenvalue weighted by Gasteiger charge is -2.28. The topological polar surface area (TPSA) is 73.1 Å². The monoisotopic (exact) mass is 363 g/mol. The first-order chi connectivity index (χ1) is 13.1. The largest absolute Gasteiger partial charge is 0.470 e. The van der Waals surface area contributed by atoms with Gasteiger partial charge in [0, 0.05) is 55.8 Å². The van der Waals surface area contributed by atoms with Gasteiger partial charge in [0.2, 0.25) is 5.88 Å². The Kier molecular flexibility index (Phi) is 4.58. The predicted molar refractivity (Wildman–Crippen MR) is 99.2 cm³/mol. The Balaban J connectivity index is 1.53. The van der Waals surface area contributed by atoms with Crippen molar-refractivity contribution in [3.63, 3.8) is 0 Å². The molecule has 1 amide bonds. The standard InChI is InChI=1S/C20H21N5O2/c1-14-4-3-5-15(10-14)20(26)25-9-6-18-16(12-25)17(23-24(18)2)13-27-19-11-21-7-8-22-19/h3-5,7-8,10-11H,6,9,12-13H2,1-2H3. The van der Waals surface area contributed by atoms with Gasteiger partial charge >= 0.3 is 0 Å². The number of rotatable bonds is 4. The number of benzene rings is 1. The first kappa shape index (κ1) is 17.2. The summed E-state index contributed by atoms with van der Waals surface area (Å²) < 4.78 is 7.60. The summed E-state index contributed by atoms with van der Waals surface area (Å²) in [7, 11) is 1.93. The Labute approximate surface area is 157 Å². The van der Waals surface area contributed by atoms with Crippen LogP contribution in [0.1, 0.15) is 32.9 Å². The number of nitrogens with zero attached hydrogens (tertiary/aromatic N) is 5. The van der Waals surface area contributed by atoms with E-state index >= 15 is 0 Å². The van der Waals surface area contributed by atoms with Gasteiger partial charge in [-0.15, -0.1) is 0 Å². The zero-order chi connectivity index (χ0) is 18.8. The average molecular weight is 363 g/mol. The minimum absolute atomic E-state index is 0.0500. The Morgan fingerprint density at radius 1 is 1.30 bits per heavy atom. The molecule has 138 valence electrons. The van der Waals surface area contributed by atoms with E-state index in [0.717, 1.165) is 34.5 Å². The van der Waals surface area contributed by atoms with Gasteiger partial charge in [-0.25, -0.2) is 4.98 Å². The highest BCUT2D eigenvalue weighted by molar-refractivity contribution is 5.94. The van der Waals surface area contributed by atoms with Crippen molar-refractivity contribution in [2.24, 2.45) is 7.05 Å². The molecule has 0 N–H and O–H groups in total. The maximum atomic E-state index is 12.9. The molecule has 0 fully saturated rings. The fraction of sp³-hybridized carbons (Fsp3) is 0.300. The zero-order valence-corrected chi connectivity index (χ0v) is 15.4. The van der Waals surface area contributed by atoms with Gasteiger partial charge in [0.05, 0.1) is 6.20 Å². The molecular weight excluding hydrogens is 342 g/mol. The summed E-state index contributed by atoms with van der Waals surface area (Å²) in [6.07, 6.45) is 5.54. The Bertz CT molecular complexity index is 968. The lowest BCUT2D eigenvalue weighted by molar-refractivity contribution is 0.0732. The number of hydrogen-bond acceptors (Lipinski definition) is 5. The summed E-state index contributed by atoms with van der Waals surface area (Å²) in [6.45, 7) is 3.52. The molecule has 3 heterocycles. The van der Waals surface area contributed by atoms with Crippen LogP contribution in [-0.2, 0) is 26.6 Å². The van der Waals surface area contributed by atoms with Crippen molar-refractivity contribution in [1.82, 2.24) is 24.6 Å². The van der Waals surface area contributed by atoms with Crippen LogP contribution in [0.4, 0.5) is 0 Å². The summed E-state index contributed by atoms with van der Waals surface area (Å²) in [4.78, 5) is 22.9. The summed E-state index contributed by atoms with van der Waals surface area (Å²) >= 11 is 0. The van der Waals surface area contributed by atoms with Crippen LogP contribution in [0.5, 0.6) is 5.88 Å². The lowest BCUT2D eigenvalue weighted by atomic mass is 10.0. The van der Waals surface area contributed by atoms with Crippen molar-refractivity contribution in [2.45, 2.75) is 26.5 Å². The van der Waals surface area contributed by atoms with Crippen molar-refractivity contribution < 1.29 is 9.53 Å². The maximum Gasteiger partial charge on any atom is 0.254 e. The van der Waals surface area contributed by atoms with Gasteiger partial charge in [-0.2, -0.15) is 5.10 Å². The molecule has 0 bridgehead atoms. The predicted octanol–water partition coefficient (Wildman–Crippen LogP) is 2.30. The smallest absolute Gasteiger partial charge is 0.254 e. The maximum absolute atomic E-state index is 12.9. The first-order valence-electron chi connectivity index (χ1n) is 8.90. The van der Waals surface area contributed by atoms with Crippen molar-refractivity contribution in [1.29, 1.82) is 0 Å². The van der Waals surface area contributed by atoms with E-state index in [2.05, 4.69) is 15.1 Å². The second-order valence-corrected chi connectivity index (χ2v) is 6.67. The molecule has 1 aliphatic heterocycles. The van der Waals surface area contributed by atoms with Crippen LogP contribution in [0.2, 0.25) is 0 Å². The molecule has 7 nitrogen and oxygen atoms in total. The van der Waals surface area contributed by atoms with Crippen molar-refractivity contribution >= 4 is 5.91 Å². The average Bonchev–Trinajstić information content (AvgIpc) is 3.02. The van der Waals surface area contributed by atoms with Crippen LogP contribution in [0.3, 0.4) is 0 Å². The molecule has 4 rings (SSSR count). The third kappa shape index (κ3) is 3.53. The molecule has 3 aromatic rings. The van der Waals surface area contributed by atoms with Gasteiger partial charge in [0.25, 0.3) is 5.91 Å². The van der Waals surface area contributed by atoms with E-state index < -0.39 is 0 Å². The third-order valence-electron chi connectivity index (χ3n) is 4.77. The van der Waals surface area contributed by atoms with E-state index in [1.807, 2.05) is 47.8 Å². The van der Waals surface area contributed by atoms with Gasteiger partial charge in [0.15, 0.2) is 0 Å². The van der Waals surface area contributed by atoms with Crippen LogP contribution in [0.15, 0.2) is 42.9 Å². The molecular formula is C20H21N5O2. The van der Waals surface area contributed by atoms with Crippen LogP contribution >= 0.6 is 0 Å². The zero-order valence-electron chi connectivity index (χ0n) is 15.4. The van der Waals surface area contributed by atoms with Gasteiger partial charge in [-0.3, -0.25) is 14.5 Å². The summed E-state index contributed by atoms with van der Waals surface area (Å²) in [5.41, 5.74) is 4.85. The number of fused-ring (bicyclic) bond motifs is 1. The number of aromatic nitrogens is 4. The van der Waals surface area contributed by atoms with E-state index in [9.17, 15) is 4.79 Å². The second kappa shape index (κ2) is 7.19. The fourth-order valence-electron chi connectivity index (χ4n) is 3.42. The van der Waals surface area contributed by atoms with E-state index in [0.29, 0.717) is 25.6 Å². The van der Waals surface area contributed by atoms with Gasteiger partial charge < -0.3 is 9.64 Å². The third-order valence-corrected chi connectivity index (χ3v) is 4.77. The lowest BCUT2D eigenvalue weighted by Crippen LogP contribution is -2.36. The van der Waals surface area contributed by atoms with Crippen LogP contribution in [0.25, 0.3) is 0 Å². The summed E-state index contributed by atoms with van der Waals surface area (Å²) in [5.74, 6) is 0.509. The van der Waals surface area contributed by atoms with Crippen molar-refractivity contribution in [3.8, 4) is 5.88 Å². The molecule has 1 aliphatic rings. The van der Waals surface area contributed by atoms with Gasteiger partial charge in [-0.05, 0) is 19.1 Å². The number of carbonyl (C=O) groups excluding carboxylic acids is 1. The molecule has 0 unspecified atom stereocenters. The molecule has 2 aromatic heterocycles. The molecule has 0 radical (unpaired) electrons. The van der Waals surface area contributed by atoms with E-state index in [1.54, 1.807) is 18.6 Å². The van der Waals surface area contributed by atoms with E-state index in [1.165, 1.54) is 0 Å². The normalized spacial score (nSPS) is 13.3. The van der Waals surface area contributed by atoms with Gasteiger partial charge in [0.1, 0.15) is 12.3 Å². The number of ether oxygens (including phenoxy) is 1. The number of amides is 1. The number of aryl methyl sites for hydroxylation is 2. The van der Waals surface area contributed by atoms with E-state index in [-0.39, 0.29) is 5.91 Å². The second-order valence-electron chi connectivity index (χ2n) is 6.67. The molecule has 7 heteroatoms. The highest BCUT2D eigenvalue weighted by atomic mass is 16.5. The fourth-order valence-corrected chi connectivity index (χ4v) is 3.42. The van der Waals surface area contributed by atoms with E-state index in [4.69, 9.17) is 4.74 Å². The molecule has 1 aromatic carbocycles. The molecule has 27 heavy (non-hydrogen) atoms. The molecule has 0 spiro atoms. The Morgan fingerprint density at radius 3 is 2.96 bits per heavy atom. The number of carbonyl (C=O) groups is 1. The van der Waals surface area contributed by atoms with Crippen LogP contribution < -0.4 is 4.74 Å². The van der Waals surface area contributed by atoms with Crippen LogP contribution in [0, 0.1) is 6.92 Å². The molecule has 0 atom stereocenters. The summed E-state index contributed by atoms with van der Waals surface area (Å²) in [5, 5.41) is 4.59. The first-order valence-corrected chi connectivity index (χ1v) is 8.90. The summed E-state index contributed by atoms with van der Waals surface area (Å²) in [6, 6.07) is 7.71. The van der Waals surface area contributed by atoms with Crippen molar-refractivity contribution in [3.05, 3.63) is 70.9 Å². The number of hydrogen-bond donors (Lipinski definition) is 0. The SMILES string of the molecule is Cc1cccc(C(=O)N2CCc3c(c(COc4cnccn4)nn3C)C2)c1. The molecule has 0 aliphatic carbocycles. The highest BCUT2D eigenvalue weighted by Crippen LogP contribution is 2.24. The molecule has 0 saturated heterocycles. The minimum atomic E-state index is 0.0500. The quantitative estimate of drug-likeness (QED) is 0.711. The van der Waals surface area contributed by atoms with Crippen LogP contribution in [-0.4, -0.2) is 37.1 Å². The van der Waals surface area contributed by atoms with Gasteiger partial charge in [-0.1, -0.05) is 17.7 Å².